The zero-order chi connectivity index (χ0) is 40.0. The molecule has 2 heterocycles. The van der Waals surface area contributed by atoms with Crippen molar-refractivity contribution in [1.29, 1.82) is 5.26 Å². The van der Waals surface area contributed by atoms with Gasteiger partial charge in [-0.1, -0.05) is 109 Å². The van der Waals surface area contributed by atoms with E-state index in [9.17, 15) is 18.4 Å². The van der Waals surface area contributed by atoms with E-state index in [1.54, 1.807) is 12.1 Å². The fourth-order valence-corrected chi connectivity index (χ4v) is 7.49. The van der Waals surface area contributed by atoms with E-state index in [0.29, 0.717) is 45.3 Å². The molecule has 2 aromatic heterocycles. The Morgan fingerprint density at radius 2 is 1.14 bits per heavy atom. The van der Waals surface area contributed by atoms with Crippen LogP contribution in [0.25, 0.3) is 88.5 Å². The summed E-state index contributed by atoms with van der Waals surface area (Å²) in [6.07, 6.45) is -4.52. The number of nitrogens with zero attached hydrogens (tertiary/aromatic N) is 5. The van der Waals surface area contributed by atoms with Gasteiger partial charge in [-0.05, 0) is 84.1 Å². The van der Waals surface area contributed by atoms with Gasteiger partial charge in [0.25, 0.3) is 0 Å². The quantitative estimate of drug-likeness (QED) is 0.159. The lowest BCUT2D eigenvalue weighted by molar-refractivity contribution is -0.137. The van der Waals surface area contributed by atoms with Gasteiger partial charge in [0.1, 0.15) is 0 Å². The number of fused-ring (bicyclic) bond motifs is 3. The maximum absolute atomic E-state index is 14.0. The second-order valence-corrected chi connectivity index (χ2v) is 14.0. The summed E-state index contributed by atoms with van der Waals surface area (Å²) in [4.78, 5) is 13.8. The zero-order valence-corrected chi connectivity index (χ0v) is 31.0. The number of alkyl halides is 3. The smallest absolute Gasteiger partial charge is 0.308 e. The van der Waals surface area contributed by atoms with E-state index in [0.717, 1.165) is 67.3 Å². The Hall–Kier alpha value is -7.81. The molecule has 58 heavy (non-hydrogen) atoms. The highest BCUT2D eigenvalue weighted by molar-refractivity contribution is 6.12. The van der Waals surface area contributed by atoms with Gasteiger partial charge in [-0.25, -0.2) is 14.8 Å². The molecule has 5 nitrogen and oxygen atoms in total. The molecular weight excluding hydrogens is 728 g/mol. The lowest BCUT2D eigenvalue weighted by Crippen LogP contribution is -2.05. The lowest BCUT2D eigenvalue weighted by Gasteiger charge is -2.22. The molecule has 0 unspecified atom stereocenters. The number of aromatic nitrogens is 3. The molecular formula is C50H30F3N5. The van der Waals surface area contributed by atoms with Crippen LogP contribution in [0.4, 0.5) is 18.9 Å². The van der Waals surface area contributed by atoms with Gasteiger partial charge in [-0.3, -0.25) is 0 Å². The first-order chi connectivity index (χ1) is 28.2. The van der Waals surface area contributed by atoms with Crippen LogP contribution in [0.2, 0.25) is 0 Å². The van der Waals surface area contributed by atoms with Crippen LogP contribution < -0.4 is 0 Å². The molecule has 0 aliphatic carbocycles. The van der Waals surface area contributed by atoms with Crippen LogP contribution in [0.15, 0.2) is 164 Å². The SMILES string of the molecule is [C-]#[N+]c1ccc2c(c1)c1cc(C#N)ccc1n2-c1c(-c2ccc(C)cc2)cc(-c2cc(-c3ccccc3)nc(-c3ccccc3)n2)cc1-c1ccc(C(F)(F)F)cc1. The fraction of sp³-hybridized carbons (Fsp3) is 0.0400. The summed E-state index contributed by atoms with van der Waals surface area (Å²) in [5.41, 5.74) is 10.2. The van der Waals surface area contributed by atoms with Crippen molar-refractivity contribution in [3.63, 3.8) is 0 Å². The minimum atomic E-state index is -4.52. The van der Waals surface area contributed by atoms with E-state index in [1.165, 1.54) is 12.1 Å². The largest absolute Gasteiger partial charge is 0.416 e. The molecule has 0 atom stereocenters. The molecule has 276 valence electrons. The van der Waals surface area contributed by atoms with Crippen LogP contribution in [0.1, 0.15) is 16.7 Å². The van der Waals surface area contributed by atoms with E-state index in [1.807, 2.05) is 128 Å². The zero-order valence-electron chi connectivity index (χ0n) is 31.0. The lowest BCUT2D eigenvalue weighted by atomic mass is 9.91. The average Bonchev–Trinajstić information content (AvgIpc) is 3.58. The standard InChI is InChI=1S/C50H30F3N5/c1-31-13-16-33(17-14-31)40-26-37(45-29-44(35-9-5-3-6-10-35)56-49(57-45)36-11-7-4-8-12-36)27-41(34-18-20-38(21-19-34)50(51,52)53)48(40)58-46-23-15-32(30-54)25-42(46)43-28-39(55-2)22-24-47(43)58/h3-29H,1H3. The number of rotatable bonds is 6. The summed E-state index contributed by atoms with van der Waals surface area (Å²) >= 11 is 0. The molecule has 0 bridgehead atoms. The van der Waals surface area contributed by atoms with Gasteiger partial charge >= 0.3 is 6.18 Å². The van der Waals surface area contributed by atoms with Crippen molar-refractivity contribution in [3.8, 4) is 67.9 Å². The molecule has 0 saturated carbocycles. The van der Waals surface area contributed by atoms with Crippen molar-refractivity contribution < 1.29 is 13.2 Å². The maximum Gasteiger partial charge on any atom is 0.416 e. The topological polar surface area (TPSA) is 58.9 Å². The second kappa shape index (κ2) is 14.4. The molecule has 0 radical (unpaired) electrons. The van der Waals surface area contributed by atoms with Crippen molar-refractivity contribution in [2.24, 2.45) is 0 Å². The molecule has 0 aliphatic heterocycles. The highest BCUT2D eigenvalue weighted by Gasteiger charge is 2.30. The molecule has 8 heteroatoms. The molecule has 0 fully saturated rings. The predicted octanol–water partition coefficient (Wildman–Crippen LogP) is 13.7. The number of aryl methyl sites for hydroxylation is 1. The van der Waals surface area contributed by atoms with Crippen molar-refractivity contribution in [2.45, 2.75) is 13.1 Å². The van der Waals surface area contributed by atoms with Gasteiger partial charge in [0.2, 0.25) is 0 Å². The van der Waals surface area contributed by atoms with Gasteiger partial charge < -0.3 is 4.57 Å². The third-order valence-electron chi connectivity index (χ3n) is 10.3. The first kappa shape index (κ1) is 35.9. The van der Waals surface area contributed by atoms with E-state index in [2.05, 4.69) is 21.5 Å². The molecule has 9 rings (SSSR count). The summed E-state index contributed by atoms with van der Waals surface area (Å²) in [6, 6.07) is 52.1. The molecule has 0 amide bonds. The van der Waals surface area contributed by atoms with Gasteiger partial charge in [0, 0.05) is 33.2 Å². The number of nitriles is 1. The first-order valence-corrected chi connectivity index (χ1v) is 18.5. The minimum absolute atomic E-state index is 0.443. The predicted molar refractivity (Wildman–Crippen MR) is 224 cm³/mol. The van der Waals surface area contributed by atoms with Crippen molar-refractivity contribution in [1.82, 2.24) is 14.5 Å². The van der Waals surface area contributed by atoms with Crippen LogP contribution in [0.3, 0.4) is 0 Å². The van der Waals surface area contributed by atoms with Crippen LogP contribution in [-0.4, -0.2) is 14.5 Å². The summed E-state index contributed by atoms with van der Waals surface area (Å²) in [5, 5.41) is 11.5. The third kappa shape index (κ3) is 6.53. The number of hydrogen-bond acceptors (Lipinski definition) is 3. The maximum atomic E-state index is 14.0. The first-order valence-electron chi connectivity index (χ1n) is 18.5. The third-order valence-corrected chi connectivity index (χ3v) is 10.3. The molecule has 0 N–H and O–H groups in total. The monoisotopic (exact) mass is 757 g/mol. The van der Waals surface area contributed by atoms with Crippen molar-refractivity contribution >= 4 is 27.5 Å². The summed E-state index contributed by atoms with van der Waals surface area (Å²) < 4.78 is 44.1. The van der Waals surface area contributed by atoms with Crippen LogP contribution >= 0.6 is 0 Å². The average molecular weight is 758 g/mol. The Balaban J connectivity index is 1.42. The van der Waals surface area contributed by atoms with E-state index >= 15 is 0 Å². The summed E-state index contributed by atoms with van der Waals surface area (Å²) in [5.74, 6) is 0.528. The Morgan fingerprint density at radius 3 is 1.72 bits per heavy atom. The van der Waals surface area contributed by atoms with Gasteiger partial charge in [-0.15, -0.1) is 0 Å². The number of halogens is 3. The Morgan fingerprint density at radius 1 is 0.586 bits per heavy atom. The molecule has 9 aromatic rings. The Kier molecular flexibility index (Phi) is 8.88. The van der Waals surface area contributed by atoms with E-state index < -0.39 is 11.7 Å². The molecule has 0 saturated heterocycles. The van der Waals surface area contributed by atoms with E-state index in [4.69, 9.17) is 16.5 Å². The molecule has 7 aromatic carbocycles. The molecule has 0 aliphatic rings. The Labute approximate surface area is 332 Å². The van der Waals surface area contributed by atoms with Gasteiger partial charge in [0.15, 0.2) is 11.5 Å². The van der Waals surface area contributed by atoms with E-state index in [-0.39, 0.29) is 0 Å². The highest BCUT2D eigenvalue weighted by Crippen LogP contribution is 2.45. The molecule has 0 spiro atoms. The summed E-state index contributed by atoms with van der Waals surface area (Å²) in [7, 11) is 0. The summed E-state index contributed by atoms with van der Waals surface area (Å²) in [6.45, 7) is 9.78. The van der Waals surface area contributed by atoms with Crippen LogP contribution in [0.5, 0.6) is 0 Å². The Bertz CT molecular complexity index is 2970. The number of hydrogen-bond donors (Lipinski definition) is 0. The van der Waals surface area contributed by atoms with Crippen LogP contribution in [0, 0.1) is 24.8 Å². The van der Waals surface area contributed by atoms with Crippen molar-refractivity contribution in [3.05, 3.63) is 192 Å². The number of benzene rings is 7. The fourth-order valence-electron chi connectivity index (χ4n) is 7.49. The van der Waals surface area contributed by atoms with Crippen molar-refractivity contribution in [2.75, 3.05) is 0 Å². The van der Waals surface area contributed by atoms with Gasteiger partial charge in [0.05, 0.1) is 51.9 Å². The van der Waals surface area contributed by atoms with Crippen LogP contribution in [-0.2, 0) is 6.18 Å². The normalized spacial score (nSPS) is 11.4. The van der Waals surface area contributed by atoms with Gasteiger partial charge in [-0.2, -0.15) is 18.4 Å². The highest BCUT2D eigenvalue weighted by atomic mass is 19.4. The second-order valence-electron chi connectivity index (χ2n) is 14.0. The minimum Gasteiger partial charge on any atom is -0.308 e.